The van der Waals surface area contributed by atoms with E-state index >= 15 is 0 Å². The third kappa shape index (κ3) is 1.72. The Hall–Kier alpha value is -1.66. The molecule has 4 heterocycles. The van der Waals surface area contributed by atoms with E-state index in [0.717, 1.165) is 24.3 Å². The summed E-state index contributed by atoms with van der Waals surface area (Å²) in [6.07, 6.45) is 2.67. The van der Waals surface area contributed by atoms with E-state index in [-0.39, 0.29) is 11.3 Å². The normalized spacial score (nSPS) is 18.5. The molecule has 0 fully saturated rings. The van der Waals surface area contributed by atoms with Gasteiger partial charge in [-0.05, 0) is 42.0 Å². The molecule has 0 saturated carbocycles. The van der Waals surface area contributed by atoms with Crippen molar-refractivity contribution in [2.75, 3.05) is 11.4 Å². The molecule has 0 spiro atoms. The number of hydrogen-bond acceptors (Lipinski definition) is 5. The van der Waals surface area contributed by atoms with Gasteiger partial charge in [0.1, 0.15) is 5.52 Å². The largest absolute Gasteiger partial charge is 0.348 e. The summed E-state index contributed by atoms with van der Waals surface area (Å²) in [5.74, 6) is 0.835. The van der Waals surface area contributed by atoms with Crippen LogP contribution >= 0.6 is 22.9 Å². The van der Waals surface area contributed by atoms with Crippen molar-refractivity contribution < 1.29 is 0 Å². The molecule has 3 aromatic rings. The van der Waals surface area contributed by atoms with Gasteiger partial charge in [-0.25, -0.2) is 4.98 Å². The molecule has 3 aromatic heterocycles. The summed E-state index contributed by atoms with van der Waals surface area (Å²) in [5.41, 5.74) is 2.84. The molecule has 0 radical (unpaired) electrons. The average molecular weight is 306 g/mol. The van der Waals surface area contributed by atoms with E-state index in [1.807, 2.05) is 11.3 Å². The summed E-state index contributed by atoms with van der Waals surface area (Å²) in [7, 11) is 0. The molecule has 0 aromatic carbocycles. The first-order valence-electron chi connectivity index (χ1n) is 6.43. The molecule has 0 aliphatic carbocycles. The van der Waals surface area contributed by atoms with Crippen LogP contribution in [-0.2, 0) is 6.42 Å². The number of rotatable bonds is 1. The highest BCUT2D eigenvalue weighted by Crippen LogP contribution is 2.37. The maximum Gasteiger partial charge on any atom is 0.226 e. The summed E-state index contributed by atoms with van der Waals surface area (Å²) in [4.78, 5) is 19.6. The van der Waals surface area contributed by atoms with Crippen molar-refractivity contribution >= 4 is 39.9 Å². The van der Waals surface area contributed by atoms with Crippen LogP contribution in [0.1, 0.15) is 23.4 Å². The van der Waals surface area contributed by atoms with Gasteiger partial charge in [0.2, 0.25) is 5.28 Å². The van der Waals surface area contributed by atoms with E-state index < -0.39 is 0 Å². The first-order chi connectivity index (χ1) is 9.74. The fourth-order valence-corrected chi connectivity index (χ4v) is 3.92. The number of anilines is 1. The SMILES string of the molecule is CC1c2ccsc2CCN1c1nc(Cl)nc2nc[nH]c12. The summed E-state index contributed by atoms with van der Waals surface area (Å²) < 4.78 is 0. The van der Waals surface area contributed by atoms with E-state index in [2.05, 4.69) is 43.2 Å². The summed E-state index contributed by atoms with van der Waals surface area (Å²) in [6.45, 7) is 3.12. The zero-order chi connectivity index (χ0) is 13.7. The molecule has 0 amide bonds. The van der Waals surface area contributed by atoms with Gasteiger partial charge in [-0.2, -0.15) is 9.97 Å². The number of hydrogen-bond donors (Lipinski definition) is 1. The molecule has 0 saturated heterocycles. The van der Waals surface area contributed by atoms with Crippen molar-refractivity contribution in [2.24, 2.45) is 0 Å². The Kier molecular flexibility index (Phi) is 2.68. The molecule has 1 atom stereocenters. The van der Waals surface area contributed by atoms with Crippen molar-refractivity contribution in [1.82, 2.24) is 19.9 Å². The number of halogens is 1. The fraction of sp³-hybridized carbons (Fsp3) is 0.308. The fourth-order valence-electron chi connectivity index (χ4n) is 2.80. The molecule has 1 aliphatic heterocycles. The van der Waals surface area contributed by atoms with Crippen molar-refractivity contribution in [3.05, 3.63) is 33.5 Å². The molecule has 1 unspecified atom stereocenters. The number of nitrogens with zero attached hydrogens (tertiary/aromatic N) is 4. The molecule has 5 nitrogen and oxygen atoms in total. The van der Waals surface area contributed by atoms with E-state index in [0.29, 0.717) is 5.65 Å². The van der Waals surface area contributed by atoms with Gasteiger partial charge in [-0.3, -0.25) is 0 Å². The first-order valence-corrected chi connectivity index (χ1v) is 7.69. The highest BCUT2D eigenvalue weighted by molar-refractivity contribution is 7.10. The van der Waals surface area contributed by atoms with Crippen molar-refractivity contribution in [2.45, 2.75) is 19.4 Å². The number of aromatic amines is 1. The monoisotopic (exact) mass is 305 g/mol. The second-order valence-corrected chi connectivity index (χ2v) is 6.17. The Labute approximate surface area is 124 Å². The second kappa shape index (κ2) is 4.43. The van der Waals surface area contributed by atoms with Gasteiger partial charge in [-0.1, -0.05) is 0 Å². The van der Waals surface area contributed by atoms with Crippen LogP contribution < -0.4 is 4.90 Å². The molecule has 1 aliphatic rings. The van der Waals surface area contributed by atoms with E-state index in [9.17, 15) is 0 Å². The molecule has 102 valence electrons. The van der Waals surface area contributed by atoms with Crippen LogP contribution in [-0.4, -0.2) is 26.5 Å². The second-order valence-electron chi connectivity index (χ2n) is 4.84. The third-order valence-electron chi connectivity index (χ3n) is 3.79. The van der Waals surface area contributed by atoms with Crippen LogP contribution in [0.2, 0.25) is 5.28 Å². The minimum absolute atomic E-state index is 0.239. The Morgan fingerprint density at radius 2 is 2.35 bits per heavy atom. The number of fused-ring (bicyclic) bond motifs is 2. The van der Waals surface area contributed by atoms with E-state index in [4.69, 9.17) is 11.6 Å². The zero-order valence-corrected chi connectivity index (χ0v) is 12.4. The lowest BCUT2D eigenvalue weighted by atomic mass is 10.0. The number of nitrogens with one attached hydrogen (secondary N) is 1. The maximum absolute atomic E-state index is 6.03. The molecule has 7 heteroatoms. The van der Waals surface area contributed by atoms with Gasteiger partial charge < -0.3 is 9.88 Å². The lowest BCUT2D eigenvalue weighted by molar-refractivity contribution is 0.626. The predicted molar refractivity (Wildman–Crippen MR) is 80.5 cm³/mol. The number of aromatic nitrogens is 4. The minimum atomic E-state index is 0.239. The van der Waals surface area contributed by atoms with E-state index in [1.165, 1.54) is 10.4 Å². The van der Waals surface area contributed by atoms with Crippen LogP contribution in [0, 0.1) is 0 Å². The minimum Gasteiger partial charge on any atom is -0.348 e. The predicted octanol–water partition coefficient (Wildman–Crippen LogP) is 3.19. The van der Waals surface area contributed by atoms with Gasteiger partial charge in [0.05, 0.1) is 12.4 Å². The van der Waals surface area contributed by atoms with Crippen LogP contribution in [0.3, 0.4) is 0 Å². The van der Waals surface area contributed by atoms with Gasteiger partial charge in [0.15, 0.2) is 11.5 Å². The molecule has 1 N–H and O–H groups in total. The van der Waals surface area contributed by atoms with Crippen LogP contribution in [0.25, 0.3) is 11.2 Å². The highest BCUT2D eigenvalue weighted by atomic mass is 35.5. The standard InChI is InChI=1S/C13H12ClN5S/c1-7-8-3-5-20-9(8)2-4-19(7)12-10-11(16-6-15-10)17-13(14)18-12/h3,5-7H,2,4H2,1H3,(H,15,16,17,18). The van der Waals surface area contributed by atoms with Crippen LogP contribution in [0.15, 0.2) is 17.8 Å². The van der Waals surface area contributed by atoms with Crippen LogP contribution in [0.5, 0.6) is 0 Å². The molecule has 0 bridgehead atoms. The maximum atomic E-state index is 6.03. The number of H-pyrrole nitrogens is 1. The number of imidazole rings is 1. The quantitative estimate of drug-likeness (QED) is 0.702. The molecule has 4 rings (SSSR count). The molecular formula is C13H12ClN5S. The third-order valence-corrected chi connectivity index (χ3v) is 4.95. The van der Waals surface area contributed by atoms with Gasteiger partial charge in [0, 0.05) is 11.4 Å². The highest BCUT2D eigenvalue weighted by Gasteiger charge is 2.27. The van der Waals surface area contributed by atoms with Crippen molar-refractivity contribution in [3.8, 4) is 0 Å². The average Bonchev–Trinajstić information content (AvgIpc) is 3.06. The zero-order valence-electron chi connectivity index (χ0n) is 10.8. The lowest BCUT2D eigenvalue weighted by Gasteiger charge is -2.34. The molecular weight excluding hydrogens is 294 g/mol. The van der Waals surface area contributed by atoms with Crippen LogP contribution in [0.4, 0.5) is 5.82 Å². The first kappa shape index (κ1) is 12.1. The van der Waals surface area contributed by atoms with Gasteiger partial charge >= 0.3 is 0 Å². The number of thiophene rings is 1. The Balaban J connectivity index is 1.86. The smallest absolute Gasteiger partial charge is 0.226 e. The summed E-state index contributed by atoms with van der Waals surface area (Å²) in [6, 6.07) is 2.48. The molecule has 20 heavy (non-hydrogen) atoms. The van der Waals surface area contributed by atoms with Crippen molar-refractivity contribution in [1.29, 1.82) is 0 Å². The summed E-state index contributed by atoms with van der Waals surface area (Å²) >= 11 is 7.86. The van der Waals surface area contributed by atoms with Gasteiger partial charge in [-0.15, -0.1) is 11.3 Å². The van der Waals surface area contributed by atoms with E-state index in [1.54, 1.807) is 6.33 Å². The lowest BCUT2D eigenvalue weighted by Crippen LogP contribution is -2.34. The summed E-state index contributed by atoms with van der Waals surface area (Å²) in [5, 5.41) is 2.39. The Bertz CT molecular complexity index is 780. The topological polar surface area (TPSA) is 57.7 Å². The Morgan fingerprint density at radius 1 is 1.45 bits per heavy atom. The Morgan fingerprint density at radius 3 is 3.25 bits per heavy atom. The van der Waals surface area contributed by atoms with Crippen molar-refractivity contribution in [3.63, 3.8) is 0 Å². The van der Waals surface area contributed by atoms with Gasteiger partial charge in [0.25, 0.3) is 0 Å².